The van der Waals surface area contributed by atoms with Gasteiger partial charge in [0.15, 0.2) is 0 Å². The lowest BCUT2D eigenvalue weighted by atomic mass is 10.1. The van der Waals surface area contributed by atoms with Gasteiger partial charge in [-0.15, -0.1) is 0 Å². The number of halogens is 4. The Morgan fingerprint density at radius 3 is 2.33 bits per heavy atom. The van der Waals surface area contributed by atoms with Crippen LogP contribution in [0.15, 0.2) is 36.5 Å². The molecule has 6 heteroatoms. The highest BCUT2D eigenvalue weighted by molar-refractivity contribution is 6.30. The van der Waals surface area contributed by atoms with Crippen LogP contribution in [0, 0.1) is 0 Å². The Bertz CT molecular complexity index is 538. The molecule has 1 aromatic carbocycles. The lowest BCUT2D eigenvalue weighted by Gasteiger charge is -2.07. The van der Waals surface area contributed by atoms with E-state index in [9.17, 15) is 13.2 Å². The van der Waals surface area contributed by atoms with Gasteiger partial charge in [-0.2, -0.15) is 23.4 Å². The fourth-order valence-corrected chi connectivity index (χ4v) is 1.66. The lowest BCUT2D eigenvalue weighted by molar-refractivity contribution is -0.137. The summed E-state index contributed by atoms with van der Waals surface area (Å²) in [6.45, 7) is 0. The molecule has 1 heterocycles. The molecule has 0 bridgehead atoms. The summed E-state index contributed by atoms with van der Waals surface area (Å²) in [5.41, 5.74) is 0.672. The first-order valence-electron chi connectivity index (χ1n) is 5.08. The number of hydrogen-bond donors (Lipinski definition) is 0. The van der Waals surface area contributed by atoms with Crippen molar-refractivity contribution in [3.8, 4) is 0 Å². The zero-order chi connectivity index (χ0) is 13.2. The Hall–Kier alpha value is -1.62. The maximum Gasteiger partial charge on any atom is 0.416 e. The largest absolute Gasteiger partial charge is 0.416 e. The summed E-state index contributed by atoms with van der Waals surface area (Å²) >= 11 is 5.74. The average molecular weight is 273 g/mol. The highest BCUT2D eigenvalue weighted by atomic mass is 35.5. The van der Waals surface area contributed by atoms with Crippen LogP contribution in [-0.4, -0.2) is 10.2 Å². The summed E-state index contributed by atoms with van der Waals surface area (Å²) in [4.78, 5) is 0. The van der Waals surface area contributed by atoms with Crippen molar-refractivity contribution in [3.05, 3.63) is 58.4 Å². The Morgan fingerprint density at radius 1 is 1.11 bits per heavy atom. The second-order valence-corrected chi connectivity index (χ2v) is 4.17. The molecule has 18 heavy (non-hydrogen) atoms. The topological polar surface area (TPSA) is 25.8 Å². The number of alkyl halides is 3. The molecule has 2 nitrogen and oxygen atoms in total. The predicted octanol–water partition coefficient (Wildman–Crippen LogP) is 3.74. The van der Waals surface area contributed by atoms with E-state index in [1.165, 1.54) is 18.3 Å². The SMILES string of the molecule is FC(F)(F)c1ccc(Cc2cc(Cl)cnn2)cc1. The Morgan fingerprint density at radius 2 is 1.78 bits per heavy atom. The maximum absolute atomic E-state index is 12.4. The van der Waals surface area contributed by atoms with Crippen molar-refractivity contribution in [1.29, 1.82) is 0 Å². The van der Waals surface area contributed by atoms with E-state index in [4.69, 9.17) is 11.6 Å². The molecule has 0 saturated heterocycles. The van der Waals surface area contributed by atoms with Crippen LogP contribution in [0.2, 0.25) is 5.02 Å². The molecule has 0 aliphatic heterocycles. The van der Waals surface area contributed by atoms with E-state index in [0.29, 0.717) is 17.1 Å². The number of nitrogens with zero attached hydrogens (tertiary/aromatic N) is 2. The summed E-state index contributed by atoms with van der Waals surface area (Å²) < 4.78 is 37.1. The van der Waals surface area contributed by atoms with E-state index in [2.05, 4.69) is 10.2 Å². The third-order valence-electron chi connectivity index (χ3n) is 2.34. The van der Waals surface area contributed by atoms with Gasteiger partial charge >= 0.3 is 6.18 Å². The summed E-state index contributed by atoms with van der Waals surface area (Å²) in [7, 11) is 0. The van der Waals surface area contributed by atoms with Gasteiger partial charge in [-0.3, -0.25) is 0 Å². The van der Waals surface area contributed by atoms with Gasteiger partial charge in [0.1, 0.15) is 0 Å². The summed E-state index contributed by atoms with van der Waals surface area (Å²) in [6, 6.07) is 6.57. The van der Waals surface area contributed by atoms with Gasteiger partial charge in [0.05, 0.1) is 22.5 Å². The molecule has 0 aliphatic rings. The zero-order valence-electron chi connectivity index (χ0n) is 9.08. The normalized spacial score (nSPS) is 11.6. The second kappa shape index (κ2) is 4.94. The molecule has 94 valence electrons. The predicted molar refractivity (Wildman–Crippen MR) is 61.3 cm³/mol. The van der Waals surface area contributed by atoms with Crippen LogP contribution < -0.4 is 0 Å². The first kappa shape index (κ1) is 12.8. The van der Waals surface area contributed by atoms with E-state index in [1.54, 1.807) is 6.07 Å². The van der Waals surface area contributed by atoms with Crippen LogP contribution in [-0.2, 0) is 12.6 Å². The smallest absolute Gasteiger partial charge is 0.166 e. The molecule has 1 aromatic heterocycles. The molecule has 0 atom stereocenters. The van der Waals surface area contributed by atoms with Crippen molar-refractivity contribution in [2.24, 2.45) is 0 Å². The van der Waals surface area contributed by atoms with Crippen LogP contribution in [0.4, 0.5) is 13.2 Å². The van der Waals surface area contributed by atoms with Gasteiger partial charge in [-0.05, 0) is 23.8 Å². The Kier molecular flexibility index (Phi) is 3.52. The van der Waals surface area contributed by atoms with Gasteiger partial charge < -0.3 is 0 Å². The lowest BCUT2D eigenvalue weighted by Crippen LogP contribution is -2.04. The first-order valence-corrected chi connectivity index (χ1v) is 5.46. The Labute approximate surface area is 106 Å². The second-order valence-electron chi connectivity index (χ2n) is 3.74. The minimum Gasteiger partial charge on any atom is -0.166 e. The molecular formula is C12H8ClF3N2. The van der Waals surface area contributed by atoms with Gasteiger partial charge in [-0.25, -0.2) is 0 Å². The zero-order valence-corrected chi connectivity index (χ0v) is 9.83. The van der Waals surface area contributed by atoms with Gasteiger partial charge in [0, 0.05) is 6.42 Å². The van der Waals surface area contributed by atoms with Crippen LogP contribution in [0.25, 0.3) is 0 Å². The quantitative estimate of drug-likeness (QED) is 0.832. The fourth-order valence-electron chi connectivity index (χ4n) is 1.49. The number of benzene rings is 1. The summed E-state index contributed by atoms with van der Waals surface area (Å²) in [6.07, 6.45) is -2.52. The monoisotopic (exact) mass is 272 g/mol. The highest BCUT2D eigenvalue weighted by Gasteiger charge is 2.29. The number of aromatic nitrogens is 2. The minimum atomic E-state index is -4.31. The minimum absolute atomic E-state index is 0.395. The third-order valence-corrected chi connectivity index (χ3v) is 2.54. The van der Waals surface area contributed by atoms with Gasteiger partial charge in [0.25, 0.3) is 0 Å². The first-order chi connectivity index (χ1) is 8.45. The van der Waals surface area contributed by atoms with Crippen molar-refractivity contribution in [1.82, 2.24) is 10.2 Å². The van der Waals surface area contributed by atoms with Crippen LogP contribution in [0.3, 0.4) is 0 Å². The molecule has 0 spiro atoms. The van der Waals surface area contributed by atoms with Crippen molar-refractivity contribution in [2.45, 2.75) is 12.6 Å². The molecule has 2 aromatic rings. The number of rotatable bonds is 2. The van der Waals surface area contributed by atoms with Crippen molar-refractivity contribution >= 4 is 11.6 Å². The highest BCUT2D eigenvalue weighted by Crippen LogP contribution is 2.29. The molecular weight excluding hydrogens is 265 g/mol. The molecule has 0 amide bonds. The van der Waals surface area contributed by atoms with Crippen molar-refractivity contribution in [3.63, 3.8) is 0 Å². The summed E-state index contributed by atoms with van der Waals surface area (Å²) in [5, 5.41) is 7.98. The van der Waals surface area contributed by atoms with Crippen LogP contribution >= 0.6 is 11.6 Å². The number of hydrogen-bond acceptors (Lipinski definition) is 2. The van der Waals surface area contributed by atoms with Crippen molar-refractivity contribution in [2.75, 3.05) is 0 Å². The van der Waals surface area contributed by atoms with E-state index >= 15 is 0 Å². The third kappa shape index (κ3) is 3.20. The molecule has 0 radical (unpaired) electrons. The van der Waals surface area contributed by atoms with E-state index in [0.717, 1.165) is 17.7 Å². The molecule has 0 N–H and O–H groups in total. The fraction of sp³-hybridized carbons (Fsp3) is 0.167. The van der Waals surface area contributed by atoms with Crippen LogP contribution in [0.5, 0.6) is 0 Å². The average Bonchev–Trinajstić information content (AvgIpc) is 2.28. The van der Waals surface area contributed by atoms with Crippen LogP contribution in [0.1, 0.15) is 16.8 Å². The standard InChI is InChI=1S/C12H8ClF3N2/c13-10-6-11(18-17-7-10)5-8-1-3-9(4-2-8)12(14,15)16/h1-4,6-7H,5H2. The molecule has 0 aliphatic carbocycles. The molecule has 2 rings (SSSR count). The van der Waals surface area contributed by atoms with Gasteiger partial charge in [0.2, 0.25) is 0 Å². The van der Waals surface area contributed by atoms with Gasteiger partial charge in [-0.1, -0.05) is 23.7 Å². The molecule has 0 unspecified atom stereocenters. The van der Waals surface area contributed by atoms with E-state index in [-0.39, 0.29) is 0 Å². The summed E-state index contributed by atoms with van der Waals surface area (Å²) in [5.74, 6) is 0. The molecule has 0 saturated carbocycles. The maximum atomic E-state index is 12.4. The molecule has 0 fully saturated rings. The van der Waals surface area contributed by atoms with Crippen molar-refractivity contribution < 1.29 is 13.2 Å². The Balaban J connectivity index is 2.16. The van der Waals surface area contributed by atoms with E-state index in [1.807, 2.05) is 0 Å². The van der Waals surface area contributed by atoms with E-state index < -0.39 is 11.7 Å².